The van der Waals surface area contributed by atoms with Gasteiger partial charge in [-0.2, -0.15) is 0 Å². The van der Waals surface area contributed by atoms with E-state index in [1.165, 1.54) is 0 Å². The highest BCUT2D eigenvalue weighted by molar-refractivity contribution is 9.10. The molecule has 0 aliphatic carbocycles. The van der Waals surface area contributed by atoms with Gasteiger partial charge in [-0.15, -0.1) is 0 Å². The summed E-state index contributed by atoms with van der Waals surface area (Å²) in [5, 5.41) is 2.79. The first-order valence-electron chi connectivity index (χ1n) is 5.83. The number of nitrogens with one attached hydrogen (secondary N) is 1. The molecule has 2 aromatic rings. The van der Waals surface area contributed by atoms with Crippen molar-refractivity contribution >= 4 is 33.5 Å². The van der Waals surface area contributed by atoms with Crippen LogP contribution in [0.1, 0.15) is 17.0 Å². The minimum absolute atomic E-state index is 0.0660. The normalized spacial score (nSPS) is 17.7. The quantitative estimate of drug-likeness (QED) is 0.789. The molecule has 1 aromatic carbocycles. The van der Waals surface area contributed by atoms with E-state index in [0.29, 0.717) is 22.8 Å². The van der Waals surface area contributed by atoms with Crippen LogP contribution in [0.3, 0.4) is 0 Å². The van der Waals surface area contributed by atoms with Gasteiger partial charge in [0.15, 0.2) is 0 Å². The lowest BCUT2D eigenvalue weighted by Gasteiger charge is -2.24. The van der Waals surface area contributed by atoms with Crippen LogP contribution in [-0.2, 0) is 11.2 Å². The van der Waals surface area contributed by atoms with Crippen LogP contribution in [0.5, 0.6) is 0 Å². The van der Waals surface area contributed by atoms with Crippen molar-refractivity contribution in [1.82, 2.24) is 9.97 Å². The van der Waals surface area contributed by atoms with Crippen LogP contribution in [0.4, 0.5) is 11.6 Å². The molecule has 0 spiro atoms. The Morgan fingerprint density at radius 1 is 1.26 bits per heavy atom. The van der Waals surface area contributed by atoms with E-state index >= 15 is 0 Å². The fraction of sp³-hybridized carbons (Fsp3) is 0.154. The lowest BCUT2D eigenvalue weighted by Crippen LogP contribution is -2.30. The molecule has 0 bridgehead atoms. The van der Waals surface area contributed by atoms with E-state index in [4.69, 9.17) is 5.73 Å². The number of carbonyl (C=O) groups is 1. The number of hydrogen-bond donors (Lipinski definition) is 2. The van der Waals surface area contributed by atoms with Crippen LogP contribution in [0.2, 0.25) is 0 Å². The highest BCUT2D eigenvalue weighted by Gasteiger charge is 2.30. The van der Waals surface area contributed by atoms with Gasteiger partial charge in [0, 0.05) is 5.56 Å². The highest BCUT2D eigenvalue weighted by Crippen LogP contribution is 2.33. The molecule has 1 aromatic heterocycles. The number of benzene rings is 1. The van der Waals surface area contributed by atoms with Crippen LogP contribution >= 0.6 is 15.9 Å². The minimum atomic E-state index is -0.249. The van der Waals surface area contributed by atoms with Gasteiger partial charge in [0.05, 0.1) is 5.92 Å². The first kappa shape index (κ1) is 12.1. The number of nitrogens with zero attached hydrogens (tertiary/aromatic N) is 2. The molecule has 0 saturated carbocycles. The molecule has 1 aliphatic rings. The van der Waals surface area contributed by atoms with Gasteiger partial charge in [0.2, 0.25) is 10.6 Å². The summed E-state index contributed by atoms with van der Waals surface area (Å²) in [6.07, 6.45) is 0.518. The lowest BCUT2D eigenvalue weighted by atomic mass is 9.89. The zero-order valence-electron chi connectivity index (χ0n) is 9.93. The van der Waals surface area contributed by atoms with Gasteiger partial charge in [-0.3, -0.25) is 4.79 Å². The molecule has 19 heavy (non-hydrogen) atoms. The number of hydrogen-bond acceptors (Lipinski definition) is 4. The summed E-state index contributed by atoms with van der Waals surface area (Å²) in [5.41, 5.74) is 7.65. The Kier molecular flexibility index (Phi) is 2.94. The first-order valence-corrected chi connectivity index (χ1v) is 6.62. The summed E-state index contributed by atoms with van der Waals surface area (Å²) in [4.78, 5) is 20.4. The van der Waals surface area contributed by atoms with Crippen molar-refractivity contribution in [2.24, 2.45) is 0 Å². The average Bonchev–Trinajstić information content (AvgIpc) is 2.38. The fourth-order valence-corrected chi connectivity index (χ4v) is 2.60. The number of carbonyl (C=O) groups excluding carboxylic acids is 1. The molecule has 0 radical (unpaired) electrons. The Labute approximate surface area is 118 Å². The second kappa shape index (κ2) is 4.62. The number of nitrogen functional groups attached to an aromatic ring is 1. The second-order valence-corrected chi connectivity index (χ2v) is 5.07. The zero-order valence-corrected chi connectivity index (χ0v) is 11.5. The van der Waals surface area contributed by atoms with E-state index in [-0.39, 0.29) is 11.8 Å². The van der Waals surface area contributed by atoms with Crippen molar-refractivity contribution in [3.8, 4) is 0 Å². The predicted octanol–water partition coefficient (Wildman–Crippen LogP) is 2.10. The molecule has 1 amide bonds. The summed E-state index contributed by atoms with van der Waals surface area (Å²) in [6.45, 7) is 0. The van der Waals surface area contributed by atoms with E-state index in [2.05, 4.69) is 31.2 Å². The maximum Gasteiger partial charge on any atom is 0.233 e. The van der Waals surface area contributed by atoms with Crippen molar-refractivity contribution in [1.29, 1.82) is 0 Å². The number of halogens is 1. The highest BCUT2D eigenvalue weighted by atomic mass is 79.9. The molecule has 6 heteroatoms. The summed E-state index contributed by atoms with van der Waals surface area (Å²) in [6, 6.07) is 9.63. The fourth-order valence-electron chi connectivity index (χ4n) is 2.23. The third kappa shape index (κ3) is 2.19. The van der Waals surface area contributed by atoms with Crippen LogP contribution < -0.4 is 11.1 Å². The molecule has 5 nitrogen and oxygen atoms in total. The smallest absolute Gasteiger partial charge is 0.233 e. The molecular formula is C13H11BrN4O. The molecule has 96 valence electrons. The van der Waals surface area contributed by atoms with E-state index in [0.717, 1.165) is 11.1 Å². The maximum absolute atomic E-state index is 12.2. The van der Waals surface area contributed by atoms with Crippen molar-refractivity contribution in [3.05, 3.63) is 46.2 Å². The number of nitrogens with two attached hydrogens (primary N) is 1. The van der Waals surface area contributed by atoms with Crippen molar-refractivity contribution in [2.75, 3.05) is 11.1 Å². The van der Waals surface area contributed by atoms with E-state index in [9.17, 15) is 4.79 Å². The Bertz CT molecular complexity index is 645. The van der Waals surface area contributed by atoms with Gasteiger partial charge < -0.3 is 11.1 Å². The molecule has 1 atom stereocenters. The number of aromatic nitrogens is 2. The van der Waals surface area contributed by atoms with Crippen molar-refractivity contribution in [3.63, 3.8) is 0 Å². The summed E-state index contributed by atoms with van der Waals surface area (Å²) in [5.74, 6) is 0.582. The van der Waals surface area contributed by atoms with Crippen molar-refractivity contribution < 1.29 is 4.79 Å². The monoisotopic (exact) mass is 318 g/mol. The third-order valence-corrected chi connectivity index (χ3v) is 3.53. The van der Waals surface area contributed by atoms with Gasteiger partial charge >= 0.3 is 0 Å². The van der Waals surface area contributed by atoms with Crippen LogP contribution in [0.15, 0.2) is 35.1 Å². The van der Waals surface area contributed by atoms with Crippen LogP contribution in [-0.4, -0.2) is 15.9 Å². The van der Waals surface area contributed by atoms with Gasteiger partial charge in [-0.1, -0.05) is 30.3 Å². The molecule has 3 rings (SSSR count). The molecule has 2 heterocycles. The summed E-state index contributed by atoms with van der Waals surface area (Å²) >= 11 is 3.17. The number of fused-ring (bicyclic) bond motifs is 1. The minimum Gasteiger partial charge on any atom is -0.383 e. The topological polar surface area (TPSA) is 80.9 Å². The largest absolute Gasteiger partial charge is 0.383 e. The van der Waals surface area contributed by atoms with E-state index in [1.54, 1.807) is 0 Å². The second-order valence-electron chi connectivity index (χ2n) is 4.36. The lowest BCUT2D eigenvalue weighted by molar-refractivity contribution is -0.117. The maximum atomic E-state index is 12.2. The molecule has 1 unspecified atom stereocenters. The molecule has 0 fully saturated rings. The van der Waals surface area contributed by atoms with Gasteiger partial charge in [-0.05, 0) is 27.9 Å². The van der Waals surface area contributed by atoms with Gasteiger partial charge in [-0.25, -0.2) is 9.97 Å². The van der Waals surface area contributed by atoms with Gasteiger partial charge in [0.1, 0.15) is 11.6 Å². The van der Waals surface area contributed by atoms with Crippen LogP contribution in [0.25, 0.3) is 0 Å². The number of anilines is 2. The van der Waals surface area contributed by atoms with Gasteiger partial charge in [0.25, 0.3) is 0 Å². The third-order valence-electron chi connectivity index (χ3n) is 3.18. The van der Waals surface area contributed by atoms with E-state index < -0.39 is 0 Å². The van der Waals surface area contributed by atoms with Crippen LogP contribution in [0, 0.1) is 0 Å². The molecule has 1 aliphatic heterocycles. The number of amides is 1. The zero-order chi connectivity index (χ0) is 13.4. The average molecular weight is 319 g/mol. The predicted molar refractivity (Wildman–Crippen MR) is 75.7 cm³/mol. The summed E-state index contributed by atoms with van der Waals surface area (Å²) < 4.78 is 0.377. The Balaban J connectivity index is 2.03. The SMILES string of the molecule is Nc1nc(Br)nc2c1CC(c1ccccc1)C(=O)N2. The van der Waals surface area contributed by atoms with Crippen molar-refractivity contribution in [2.45, 2.75) is 12.3 Å². The Morgan fingerprint density at radius 2 is 2.00 bits per heavy atom. The van der Waals surface area contributed by atoms with E-state index in [1.807, 2.05) is 30.3 Å². The molecule has 3 N–H and O–H groups in total. The molecule has 0 saturated heterocycles. The Morgan fingerprint density at radius 3 is 2.74 bits per heavy atom. The standard InChI is InChI=1S/C13H11BrN4O/c14-13-16-10(15)9-6-8(7-4-2-1-3-5-7)12(19)17-11(9)18-13/h1-5,8H,6H2,(H3,15,16,17,18,19). The number of rotatable bonds is 1. The molecular weight excluding hydrogens is 308 g/mol. The Hall–Kier alpha value is -1.95. The first-order chi connectivity index (χ1) is 9.15. The summed E-state index contributed by atoms with van der Waals surface area (Å²) in [7, 11) is 0.